The predicted molar refractivity (Wildman–Crippen MR) is 113 cm³/mol. The van der Waals surface area contributed by atoms with Crippen molar-refractivity contribution in [3.63, 3.8) is 0 Å². The second kappa shape index (κ2) is 7.83. The SMILES string of the molecule is Cc1ccc(-c2ccc3c(n2)N(C(=O)Nc2cnccn2)[C@H](C)CCN3C)cn1. The molecule has 0 saturated carbocycles. The van der Waals surface area contributed by atoms with Gasteiger partial charge in [0.25, 0.3) is 0 Å². The maximum Gasteiger partial charge on any atom is 0.329 e. The molecular weight excluding hydrogens is 366 g/mol. The van der Waals surface area contributed by atoms with Crippen molar-refractivity contribution in [3.8, 4) is 11.3 Å². The van der Waals surface area contributed by atoms with E-state index in [-0.39, 0.29) is 12.1 Å². The predicted octanol–water partition coefficient (Wildman–Crippen LogP) is 3.51. The summed E-state index contributed by atoms with van der Waals surface area (Å²) in [6, 6.07) is 7.62. The van der Waals surface area contributed by atoms with Gasteiger partial charge in [-0.3, -0.25) is 20.2 Å². The molecule has 1 atom stereocenters. The van der Waals surface area contributed by atoms with Crippen molar-refractivity contribution < 1.29 is 4.79 Å². The first-order valence-electron chi connectivity index (χ1n) is 9.54. The molecule has 2 amide bonds. The molecule has 1 aliphatic heterocycles. The van der Waals surface area contributed by atoms with Gasteiger partial charge in [0, 0.05) is 49.5 Å². The lowest BCUT2D eigenvalue weighted by Gasteiger charge is -2.27. The van der Waals surface area contributed by atoms with Gasteiger partial charge in [0.1, 0.15) is 0 Å². The molecule has 148 valence electrons. The Balaban J connectivity index is 1.75. The lowest BCUT2D eigenvalue weighted by Crippen LogP contribution is -2.42. The number of hydrogen-bond acceptors (Lipinski definition) is 6. The van der Waals surface area contributed by atoms with Crippen LogP contribution in [0.5, 0.6) is 0 Å². The largest absolute Gasteiger partial charge is 0.372 e. The molecule has 0 fully saturated rings. The van der Waals surface area contributed by atoms with E-state index in [0.29, 0.717) is 11.6 Å². The van der Waals surface area contributed by atoms with Gasteiger partial charge < -0.3 is 4.90 Å². The summed E-state index contributed by atoms with van der Waals surface area (Å²) < 4.78 is 0. The second-order valence-electron chi connectivity index (χ2n) is 7.18. The highest BCUT2D eigenvalue weighted by Gasteiger charge is 2.30. The summed E-state index contributed by atoms with van der Waals surface area (Å²) in [5, 5.41) is 2.83. The molecule has 0 radical (unpaired) electrons. The van der Waals surface area contributed by atoms with E-state index in [1.54, 1.807) is 23.5 Å². The number of fused-ring (bicyclic) bond motifs is 1. The van der Waals surface area contributed by atoms with Gasteiger partial charge in [-0.15, -0.1) is 0 Å². The van der Waals surface area contributed by atoms with Gasteiger partial charge in [-0.2, -0.15) is 0 Å². The van der Waals surface area contributed by atoms with Crippen LogP contribution in [0.3, 0.4) is 0 Å². The monoisotopic (exact) mass is 389 g/mol. The minimum atomic E-state index is -0.277. The Kier molecular flexibility index (Phi) is 5.07. The van der Waals surface area contributed by atoms with E-state index in [1.807, 2.05) is 45.2 Å². The number of anilines is 3. The Morgan fingerprint density at radius 3 is 2.72 bits per heavy atom. The maximum atomic E-state index is 13.2. The number of nitrogens with zero attached hydrogens (tertiary/aromatic N) is 6. The Hall–Kier alpha value is -3.55. The normalized spacial score (nSPS) is 16.2. The number of pyridine rings is 2. The zero-order chi connectivity index (χ0) is 20.4. The molecule has 3 aromatic heterocycles. The van der Waals surface area contributed by atoms with Crippen molar-refractivity contribution in [1.29, 1.82) is 0 Å². The number of amides is 2. The summed E-state index contributed by atoms with van der Waals surface area (Å²) >= 11 is 0. The Labute approximate surface area is 169 Å². The molecule has 3 aromatic rings. The second-order valence-corrected chi connectivity index (χ2v) is 7.18. The smallest absolute Gasteiger partial charge is 0.329 e. The van der Waals surface area contributed by atoms with Gasteiger partial charge in [-0.25, -0.2) is 14.8 Å². The number of carbonyl (C=O) groups excluding carboxylic acids is 1. The number of urea groups is 1. The number of rotatable bonds is 2. The van der Waals surface area contributed by atoms with Crippen LogP contribution in [0.1, 0.15) is 19.0 Å². The standard InChI is InChI=1S/C21H23N7O/c1-14-4-5-16(12-24-14)17-6-7-18-20(25-17)28(15(2)8-11-27(18)3)21(29)26-19-13-22-9-10-23-19/h4-7,9-10,12-13,15H,8,11H2,1-3H3,(H,23,26,29)/t15-/m1/s1. The Morgan fingerprint density at radius 2 is 2.00 bits per heavy atom. The average molecular weight is 389 g/mol. The van der Waals surface area contributed by atoms with E-state index >= 15 is 0 Å². The molecule has 1 N–H and O–H groups in total. The molecule has 4 heterocycles. The molecule has 0 aliphatic carbocycles. The maximum absolute atomic E-state index is 13.2. The van der Waals surface area contributed by atoms with Crippen LogP contribution in [0, 0.1) is 6.92 Å². The minimum absolute atomic E-state index is 0.0331. The summed E-state index contributed by atoms with van der Waals surface area (Å²) in [6.07, 6.45) is 7.26. The number of carbonyl (C=O) groups is 1. The highest BCUT2D eigenvalue weighted by molar-refractivity contribution is 6.03. The van der Waals surface area contributed by atoms with Crippen LogP contribution in [0.2, 0.25) is 0 Å². The number of aryl methyl sites for hydroxylation is 1. The fraction of sp³-hybridized carbons (Fsp3) is 0.286. The molecule has 0 spiro atoms. The van der Waals surface area contributed by atoms with E-state index in [9.17, 15) is 4.79 Å². The minimum Gasteiger partial charge on any atom is -0.372 e. The fourth-order valence-corrected chi connectivity index (χ4v) is 3.36. The van der Waals surface area contributed by atoms with Crippen LogP contribution in [-0.4, -0.2) is 45.6 Å². The van der Waals surface area contributed by atoms with Crippen molar-refractivity contribution in [3.05, 3.63) is 54.7 Å². The molecule has 8 nitrogen and oxygen atoms in total. The fourth-order valence-electron chi connectivity index (χ4n) is 3.36. The van der Waals surface area contributed by atoms with Crippen molar-refractivity contribution in [1.82, 2.24) is 19.9 Å². The quantitative estimate of drug-likeness (QED) is 0.722. The first-order valence-corrected chi connectivity index (χ1v) is 9.54. The van der Waals surface area contributed by atoms with Crippen molar-refractivity contribution in [2.24, 2.45) is 0 Å². The summed E-state index contributed by atoms with van der Waals surface area (Å²) in [5.74, 6) is 1.03. The zero-order valence-corrected chi connectivity index (χ0v) is 16.7. The third-order valence-corrected chi connectivity index (χ3v) is 5.04. The highest BCUT2D eigenvalue weighted by Crippen LogP contribution is 2.34. The summed E-state index contributed by atoms with van der Waals surface area (Å²) in [5.41, 5.74) is 3.54. The highest BCUT2D eigenvalue weighted by atomic mass is 16.2. The van der Waals surface area contributed by atoms with Gasteiger partial charge >= 0.3 is 6.03 Å². The summed E-state index contributed by atoms with van der Waals surface area (Å²) in [7, 11) is 2.02. The van der Waals surface area contributed by atoms with Crippen LogP contribution in [0.15, 0.2) is 49.1 Å². The van der Waals surface area contributed by atoms with E-state index < -0.39 is 0 Å². The first kappa shape index (κ1) is 18.8. The van der Waals surface area contributed by atoms with E-state index in [4.69, 9.17) is 4.98 Å². The van der Waals surface area contributed by atoms with Gasteiger partial charge in [-0.1, -0.05) is 0 Å². The van der Waals surface area contributed by atoms with Crippen molar-refractivity contribution in [2.75, 3.05) is 28.7 Å². The topological polar surface area (TPSA) is 87.1 Å². The zero-order valence-electron chi connectivity index (χ0n) is 16.7. The molecule has 4 rings (SSSR count). The van der Waals surface area contributed by atoms with E-state index in [1.165, 1.54) is 6.20 Å². The van der Waals surface area contributed by atoms with Gasteiger partial charge in [0.15, 0.2) is 11.6 Å². The summed E-state index contributed by atoms with van der Waals surface area (Å²) in [6.45, 7) is 4.81. The van der Waals surface area contributed by atoms with E-state index in [2.05, 4.69) is 25.2 Å². The van der Waals surface area contributed by atoms with Crippen LogP contribution >= 0.6 is 0 Å². The first-order chi connectivity index (χ1) is 14.0. The number of hydrogen-bond donors (Lipinski definition) is 1. The number of nitrogens with one attached hydrogen (secondary N) is 1. The molecule has 29 heavy (non-hydrogen) atoms. The molecule has 0 bridgehead atoms. The van der Waals surface area contributed by atoms with Gasteiger partial charge in [0.05, 0.1) is 17.6 Å². The third-order valence-electron chi connectivity index (χ3n) is 5.04. The van der Waals surface area contributed by atoms with Crippen molar-refractivity contribution >= 4 is 23.4 Å². The van der Waals surface area contributed by atoms with Crippen LogP contribution in [0.25, 0.3) is 11.3 Å². The van der Waals surface area contributed by atoms with Gasteiger partial charge in [-0.05, 0) is 44.5 Å². The third kappa shape index (κ3) is 3.87. The molecule has 1 aliphatic rings. The molecular formula is C21H23N7O. The molecule has 0 saturated heterocycles. The van der Waals surface area contributed by atoms with Crippen molar-refractivity contribution in [2.45, 2.75) is 26.3 Å². The average Bonchev–Trinajstić information content (AvgIpc) is 2.85. The summed E-state index contributed by atoms with van der Waals surface area (Å²) in [4.78, 5) is 34.4. The van der Waals surface area contributed by atoms with Crippen LogP contribution in [-0.2, 0) is 0 Å². The van der Waals surface area contributed by atoms with Gasteiger partial charge in [0.2, 0.25) is 0 Å². The molecule has 0 unspecified atom stereocenters. The lowest BCUT2D eigenvalue weighted by atomic mass is 10.1. The van der Waals surface area contributed by atoms with Crippen LogP contribution in [0.4, 0.5) is 22.1 Å². The number of aromatic nitrogens is 4. The lowest BCUT2D eigenvalue weighted by molar-refractivity contribution is 0.255. The van der Waals surface area contributed by atoms with E-state index in [0.717, 1.165) is 35.6 Å². The Bertz CT molecular complexity index is 1010. The van der Waals surface area contributed by atoms with Crippen LogP contribution < -0.4 is 15.1 Å². The molecule has 0 aromatic carbocycles. The molecule has 8 heteroatoms. The Morgan fingerprint density at radius 1 is 1.14 bits per heavy atom.